The van der Waals surface area contributed by atoms with E-state index in [0.717, 1.165) is 10.8 Å². The van der Waals surface area contributed by atoms with Crippen molar-refractivity contribution in [2.75, 3.05) is 58.4 Å². The van der Waals surface area contributed by atoms with Crippen molar-refractivity contribution in [3.05, 3.63) is 47.1 Å². The van der Waals surface area contributed by atoms with Gasteiger partial charge >= 0.3 is 0 Å². The number of rotatable bonds is 10. The maximum absolute atomic E-state index is 12.0. The topological polar surface area (TPSA) is 116 Å². The molecule has 11 nitrogen and oxygen atoms in total. The lowest BCUT2D eigenvalue weighted by Gasteiger charge is -2.55. The second-order valence-corrected chi connectivity index (χ2v) is 11.1. The molecule has 43 heavy (non-hydrogen) atoms. The van der Waals surface area contributed by atoms with Gasteiger partial charge in [0.1, 0.15) is 23.1 Å². The number of aromatic nitrogens is 2. The van der Waals surface area contributed by atoms with Crippen molar-refractivity contribution in [1.82, 2.24) is 15.3 Å². The number of nitrogens with zero attached hydrogens (tertiary/aromatic N) is 3. The van der Waals surface area contributed by atoms with Crippen LogP contribution in [-0.4, -0.2) is 82.1 Å². The zero-order chi connectivity index (χ0) is 30.9. The van der Waals surface area contributed by atoms with Crippen LogP contribution in [0.1, 0.15) is 13.3 Å². The van der Waals surface area contributed by atoms with Gasteiger partial charge in [-0.05, 0) is 24.6 Å². The molecule has 2 aromatic heterocycles. The molecule has 0 saturated carbocycles. The summed E-state index contributed by atoms with van der Waals surface area (Å²) < 4.78 is 28.5. The van der Waals surface area contributed by atoms with E-state index >= 15 is 0 Å². The molecule has 1 aromatic carbocycles. The highest BCUT2D eigenvalue weighted by Crippen LogP contribution is 2.48. The Morgan fingerprint density at radius 1 is 1.12 bits per heavy atom. The molecule has 1 amide bonds. The first-order valence-corrected chi connectivity index (χ1v) is 14.5. The van der Waals surface area contributed by atoms with Gasteiger partial charge in [0.25, 0.3) is 5.91 Å². The van der Waals surface area contributed by atoms with Gasteiger partial charge in [-0.1, -0.05) is 36.7 Å². The second-order valence-electron chi connectivity index (χ2n) is 10.4. The minimum Gasteiger partial charge on any atom is -0.495 e. The van der Waals surface area contributed by atoms with Crippen LogP contribution in [0.3, 0.4) is 0 Å². The van der Waals surface area contributed by atoms with E-state index in [2.05, 4.69) is 17.2 Å². The van der Waals surface area contributed by atoms with E-state index in [1.807, 2.05) is 24.0 Å². The summed E-state index contributed by atoms with van der Waals surface area (Å²) in [6.07, 6.45) is 3.66. The van der Waals surface area contributed by atoms with Gasteiger partial charge in [-0.15, -0.1) is 0 Å². The molecule has 0 aliphatic carbocycles. The zero-order valence-corrected chi connectivity index (χ0v) is 26.2. The number of carbonyl (C=O) groups excluding carboxylic acids is 1. The maximum Gasteiger partial charge on any atom is 0.256 e. The summed E-state index contributed by atoms with van der Waals surface area (Å²) in [7, 11) is 6.25. The lowest BCUT2D eigenvalue weighted by Crippen LogP contribution is -2.69. The van der Waals surface area contributed by atoms with Crippen LogP contribution in [0.4, 0.5) is 11.6 Å². The summed E-state index contributed by atoms with van der Waals surface area (Å²) >= 11 is 13.6. The van der Waals surface area contributed by atoms with Crippen molar-refractivity contribution in [3.8, 4) is 22.8 Å². The van der Waals surface area contributed by atoms with Crippen LogP contribution < -0.4 is 25.0 Å². The molecule has 2 aliphatic heterocycles. The van der Waals surface area contributed by atoms with E-state index in [-0.39, 0.29) is 23.9 Å². The number of methoxy groups -OCH3 is 4. The number of hydrogen-bond donors (Lipinski definition) is 2. The summed E-state index contributed by atoms with van der Waals surface area (Å²) in [6, 6.07) is 5.05. The van der Waals surface area contributed by atoms with Crippen LogP contribution in [0.25, 0.3) is 22.0 Å². The van der Waals surface area contributed by atoms with Crippen molar-refractivity contribution >= 4 is 51.5 Å². The minimum atomic E-state index is -1.04. The number of ether oxygens (including phenoxy) is 5. The molecule has 230 valence electrons. The third-order valence-corrected chi connectivity index (χ3v) is 8.77. The van der Waals surface area contributed by atoms with Crippen LogP contribution in [0.2, 0.25) is 10.0 Å². The number of nitrogens with one attached hydrogen (secondary N) is 2. The molecule has 2 N–H and O–H groups in total. The second kappa shape index (κ2) is 12.7. The van der Waals surface area contributed by atoms with E-state index in [0.29, 0.717) is 70.6 Å². The summed E-state index contributed by atoms with van der Waals surface area (Å²) in [5, 5.41) is 8.58. The molecular formula is C30H35Cl2N5O6. The normalized spacial score (nSPS) is 21.2. The van der Waals surface area contributed by atoms with Crippen LogP contribution in [0, 0.1) is 5.92 Å². The van der Waals surface area contributed by atoms with E-state index in [1.54, 1.807) is 26.5 Å². The smallest absolute Gasteiger partial charge is 0.256 e. The number of amides is 1. The number of anilines is 2. The predicted molar refractivity (Wildman–Crippen MR) is 166 cm³/mol. The van der Waals surface area contributed by atoms with E-state index in [1.165, 1.54) is 20.3 Å². The summed E-state index contributed by atoms with van der Waals surface area (Å²) in [6.45, 7) is 7.18. The first-order valence-electron chi connectivity index (χ1n) is 13.8. The molecule has 0 radical (unpaired) electrons. The summed E-state index contributed by atoms with van der Waals surface area (Å²) in [5.41, 5.74) is 0.949. The monoisotopic (exact) mass is 631 g/mol. The molecule has 0 spiro atoms. The Labute approximate surface area is 260 Å². The molecule has 3 aromatic rings. The number of carbonyl (C=O) groups is 1. The highest BCUT2D eigenvalue weighted by Gasteiger charge is 2.54. The molecule has 5 rings (SSSR count). The highest BCUT2D eigenvalue weighted by atomic mass is 35.5. The average Bonchev–Trinajstić information content (AvgIpc) is 3.01. The fraction of sp³-hybridized carbons (Fsp3) is 0.433. The number of hydrogen-bond acceptors (Lipinski definition) is 10. The van der Waals surface area contributed by atoms with Crippen LogP contribution in [0.15, 0.2) is 37.1 Å². The number of pyridine rings is 2. The third-order valence-electron chi connectivity index (χ3n) is 8.02. The van der Waals surface area contributed by atoms with Crippen LogP contribution in [0.5, 0.6) is 11.5 Å². The van der Waals surface area contributed by atoms with Gasteiger partial charge in [0.05, 0.1) is 48.6 Å². The predicted octanol–water partition coefficient (Wildman–Crippen LogP) is 4.90. The fourth-order valence-corrected chi connectivity index (χ4v) is 6.44. The number of halogens is 2. The Balaban J connectivity index is 1.65. The molecule has 13 heteroatoms. The zero-order valence-electron chi connectivity index (χ0n) is 24.7. The van der Waals surface area contributed by atoms with Gasteiger partial charge in [0.15, 0.2) is 0 Å². The lowest BCUT2D eigenvalue weighted by atomic mass is 9.94. The Kier molecular flexibility index (Phi) is 9.19. The molecule has 2 saturated heterocycles. The van der Waals surface area contributed by atoms with Gasteiger partial charge < -0.3 is 39.2 Å². The third kappa shape index (κ3) is 5.56. The largest absolute Gasteiger partial charge is 0.495 e. The molecule has 0 bridgehead atoms. The highest BCUT2D eigenvalue weighted by molar-refractivity contribution is 6.41. The molecule has 2 fully saturated rings. The standard InChI is InChI=1S/C30H35Cl2N5O6/c1-7-25(38)35-19-8-9-43-15-21(19)34-24-11-18-17(13-33-24)10-20(26-27(31)22(39-3)12-23(40-4)28(26)32)36-29(18)37-14-16(2)30(37,41-5)42-6/h7,10-13,16,19,21H,1,8-9,14-15H2,2-6H3,(H,33,34)(H,35,38)/t16?,19-,21+/m0/s1. The van der Waals surface area contributed by atoms with Gasteiger partial charge in [0, 0.05) is 61.9 Å². The van der Waals surface area contributed by atoms with Gasteiger partial charge in [-0.3, -0.25) is 4.79 Å². The van der Waals surface area contributed by atoms with Gasteiger partial charge in [-0.2, -0.15) is 0 Å². The molecular weight excluding hydrogens is 597 g/mol. The fourth-order valence-electron chi connectivity index (χ4n) is 5.75. The van der Waals surface area contributed by atoms with Crippen molar-refractivity contribution < 1.29 is 28.5 Å². The van der Waals surface area contributed by atoms with Crippen molar-refractivity contribution in [1.29, 1.82) is 0 Å². The minimum absolute atomic E-state index is 0.0557. The first kappa shape index (κ1) is 31.1. The van der Waals surface area contributed by atoms with E-state index < -0.39 is 5.91 Å². The average molecular weight is 633 g/mol. The quantitative estimate of drug-likeness (QED) is 0.236. The molecule has 1 unspecified atom stereocenters. The van der Waals surface area contributed by atoms with Crippen molar-refractivity contribution in [3.63, 3.8) is 0 Å². The number of benzene rings is 1. The van der Waals surface area contributed by atoms with Gasteiger partial charge in [-0.25, -0.2) is 9.97 Å². The molecule has 3 atom stereocenters. The molecule has 4 heterocycles. The van der Waals surface area contributed by atoms with Crippen LogP contribution >= 0.6 is 23.2 Å². The Morgan fingerprint density at radius 3 is 2.42 bits per heavy atom. The van der Waals surface area contributed by atoms with E-state index in [9.17, 15) is 4.79 Å². The molecule has 2 aliphatic rings. The Morgan fingerprint density at radius 2 is 1.81 bits per heavy atom. The van der Waals surface area contributed by atoms with Crippen molar-refractivity contribution in [2.24, 2.45) is 5.92 Å². The SMILES string of the molecule is C=CC(=O)N[C@H]1CCOC[C@H]1Nc1cc2c(N3CC(C)C3(OC)OC)nc(-c3c(Cl)c(OC)cc(OC)c3Cl)cc2cn1. The van der Waals surface area contributed by atoms with E-state index in [4.69, 9.17) is 56.9 Å². The number of fused-ring (bicyclic) bond motifs is 1. The Hall–Kier alpha value is -3.35. The Bertz CT molecular complexity index is 1510. The lowest BCUT2D eigenvalue weighted by molar-refractivity contribution is -0.269. The van der Waals surface area contributed by atoms with Gasteiger partial charge in [0.2, 0.25) is 5.91 Å². The summed E-state index contributed by atoms with van der Waals surface area (Å²) in [5.74, 6) is 0.750. The van der Waals surface area contributed by atoms with Crippen molar-refractivity contribution in [2.45, 2.75) is 31.3 Å². The van der Waals surface area contributed by atoms with Crippen LogP contribution in [-0.2, 0) is 19.0 Å². The summed E-state index contributed by atoms with van der Waals surface area (Å²) in [4.78, 5) is 23.8. The first-order chi connectivity index (χ1) is 20.7. The maximum atomic E-state index is 12.0.